The molecule has 0 saturated carbocycles. The standard InChI is InChI=1S/C14H23NSi/c1-6-11-9-10-14(16-15(4)5)13(8-3)12(11)7-2/h7,9-10H,2,6,8,16H2,1,3-5H3. The summed E-state index contributed by atoms with van der Waals surface area (Å²) in [6, 6.07) is 4.61. The summed E-state index contributed by atoms with van der Waals surface area (Å²) >= 11 is 0. The van der Waals surface area contributed by atoms with E-state index in [0.717, 1.165) is 12.8 Å². The Hall–Kier alpha value is -0.863. The topological polar surface area (TPSA) is 3.24 Å². The molecule has 0 spiro atoms. The van der Waals surface area contributed by atoms with Crippen LogP contribution in [0.5, 0.6) is 0 Å². The average Bonchev–Trinajstić information content (AvgIpc) is 2.27. The van der Waals surface area contributed by atoms with Crippen molar-refractivity contribution in [2.75, 3.05) is 14.1 Å². The first-order valence-electron chi connectivity index (χ1n) is 6.04. The monoisotopic (exact) mass is 233 g/mol. The molecule has 0 radical (unpaired) electrons. The van der Waals surface area contributed by atoms with Gasteiger partial charge in [0, 0.05) is 0 Å². The SMILES string of the molecule is C=Cc1c(CC)ccc([SiH2]N(C)C)c1CC. The molecule has 0 aliphatic carbocycles. The smallest absolute Gasteiger partial charge is 0.127 e. The van der Waals surface area contributed by atoms with Crippen molar-refractivity contribution in [1.82, 2.24) is 4.57 Å². The first kappa shape index (κ1) is 13.2. The molecular formula is C14H23NSi. The van der Waals surface area contributed by atoms with E-state index in [0.29, 0.717) is 0 Å². The van der Waals surface area contributed by atoms with E-state index < -0.39 is 0 Å². The van der Waals surface area contributed by atoms with E-state index in [9.17, 15) is 0 Å². The molecule has 2 heteroatoms. The summed E-state index contributed by atoms with van der Waals surface area (Å²) in [7, 11) is 4.06. The third-order valence-electron chi connectivity index (χ3n) is 2.97. The van der Waals surface area contributed by atoms with Gasteiger partial charge >= 0.3 is 0 Å². The van der Waals surface area contributed by atoms with Crippen LogP contribution in [0.3, 0.4) is 0 Å². The fraction of sp³-hybridized carbons (Fsp3) is 0.429. The second kappa shape index (κ2) is 6.02. The predicted octanol–water partition coefficient (Wildman–Crippen LogP) is 1.73. The molecule has 0 atom stereocenters. The van der Waals surface area contributed by atoms with Gasteiger partial charge in [0.15, 0.2) is 0 Å². The van der Waals surface area contributed by atoms with Crippen LogP contribution in [0.1, 0.15) is 30.5 Å². The molecule has 1 aromatic carbocycles. The van der Waals surface area contributed by atoms with Gasteiger partial charge in [0.05, 0.1) is 0 Å². The summed E-state index contributed by atoms with van der Waals surface area (Å²) < 4.78 is 2.35. The van der Waals surface area contributed by atoms with Gasteiger partial charge in [-0.05, 0) is 48.8 Å². The second-order valence-corrected chi connectivity index (χ2v) is 6.77. The van der Waals surface area contributed by atoms with Crippen LogP contribution < -0.4 is 5.19 Å². The Morgan fingerprint density at radius 3 is 2.38 bits per heavy atom. The van der Waals surface area contributed by atoms with Gasteiger partial charge < -0.3 is 4.57 Å². The van der Waals surface area contributed by atoms with Gasteiger partial charge in [-0.1, -0.05) is 38.6 Å². The Bertz CT molecular complexity index is 369. The maximum Gasteiger partial charge on any atom is 0.127 e. The van der Waals surface area contributed by atoms with Crippen LogP contribution in [0.4, 0.5) is 0 Å². The highest BCUT2D eigenvalue weighted by atomic mass is 28.2. The fourth-order valence-electron chi connectivity index (χ4n) is 2.23. The van der Waals surface area contributed by atoms with E-state index in [-0.39, 0.29) is 9.68 Å². The first-order chi connectivity index (χ1) is 7.63. The minimum Gasteiger partial charge on any atom is -0.330 e. The maximum absolute atomic E-state index is 3.97. The number of hydrogen-bond donors (Lipinski definition) is 0. The maximum atomic E-state index is 3.97. The predicted molar refractivity (Wildman–Crippen MR) is 77.2 cm³/mol. The van der Waals surface area contributed by atoms with Crippen LogP contribution in [0.2, 0.25) is 0 Å². The van der Waals surface area contributed by atoms with Crippen molar-refractivity contribution >= 4 is 20.9 Å². The number of aryl methyl sites for hydroxylation is 1. The zero-order chi connectivity index (χ0) is 12.1. The van der Waals surface area contributed by atoms with Gasteiger partial charge in [-0.15, -0.1) is 0 Å². The minimum absolute atomic E-state index is 0.285. The van der Waals surface area contributed by atoms with Crippen molar-refractivity contribution in [3.8, 4) is 0 Å². The third-order valence-corrected chi connectivity index (χ3v) is 4.61. The Kier molecular flexibility index (Phi) is 4.96. The average molecular weight is 233 g/mol. The Morgan fingerprint density at radius 2 is 1.94 bits per heavy atom. The fourth-order valence-corrected chi connectivity index (χ4v) is 3.76. The minimum atomic E-state index is -0.285. The van der Waals surface area contributed by atoms with E-state index in [1.54, 1.807) is 5.19 Å². The van der Waals surface area contributed by atoms with Gasteiger partial charge in [0.1, 0.15) is 9.68 Å². The zero-order valence-electron chi connectivity index (χ0n) is 11.0. The Labute approximate surface area is 102 Å². The van der Waals surface area contributed by atoms with Crippen molar-refractivity contribution in [2.45, 2.75) is 26.7 Å². The molecule has 88 valence electrons. The van der Waals surface area contributed by atoms with Gasteiger partial charge in [0.25, 0.3) is 0 Å². The van der Waals surface area contributed by atoms with Crippen molar-refractivity contribution < 1.29 is 0 Å². The molecule has 0 N–H and O–H groups in total. The largest absolute Gasteiger partial charge is 0.330 e. The molecule has 0 aliphatic heterocycles. The van der Waals surface area contributed by atoms with Gasteiger partial charge in [0.2, 0.25) is 0 Å². The van der Waals surface area contributed by atoms with E-state index in [1.807, 2.05) is 6.08 Å². The molecule has 1 rings (SSSR count). The van der Waals surface area contributed by atoms with Crippen molar-refractivity contribution in [3.05, 3.63) is 35.4 Å². The van der Waals surface area contributed by atoms with Crippen LogP contribution in [0, 0.1) is 0 Å². The number of rotatable bonds is 5. The van der Waals surface area contributed by atoms with E-state index in [4.69, 9.17) is 0 Å². The molecule has 0 bridgehead atoms. The summed E-state index contributed by atoms with van der Waals surface area (Å²) in [5, 5.41) is 1.57. The van der Waals surface area contributed by atoms with Crippen LogP contribution in [0.15, 0.2) is 18.7 Å². The molecule has 0 aromatic heterocycles. The summed E-state index contributed by atoms with van der Waals surface area (Å²) in [4.78, 5) is 0. The van der Waals surface area contributed by atoms with Crippen LogP contribution in [-0.4, -0.2) is 28.3 Å². The summed E-state index contributed by atoms with van der Waals surface area (Å²) in [6.45, 7) is 8.43. The van der Waals surface area contributed by atoms with E-state index in [2.05, 4.69) is 51.2 Å². The van der Waals surface area contributed by atoms with Crippen molar-refractivity contribution in [3.63, 3.8) is 0 Å². The van der Waals surface area contributed by atoms with Crippen LogP contribution in [-0.2, 0) is 12.8 Å². The molecule has 16 heavy (non-hydrogen) atoms. The lowest BCUT2D eigenvalue weighted by Gasteiger charge is -2.17. The molecule has 1 aromatic rings. The molecule has 0 saturated heterocycles. The van der Waals surface area contributed by atoms with Crippen molar-refractivity contribution in [1.29, 1.82) is 0 Å². The lowest BCUT2D eigenvalue weighted by Crippen LogP contribution is -2.32. The molecule has 0 unspecified atom stereocenters. The quantitative estimate of drug-likeness (QED) is 0.700. The van der Waals surface area contributed by atoms with Crippen molar-refractivity contribution in [2.24, 2.45) is 0 Å². The highest BCUT2D eigenvalue weighted by Gasteiger charge is 2.09. The Morgan fingerprint density at radius 1 is 1.25 bits per heavy atom. The van der Waals surface area contributed by atoms with Gasteiger partial charge in [-0.25, -0.2) is 0 Å². The van der Waals surface area contributed by atoms with Gasteiger partial charge in [-0.3, -0.25) is 0 Å². The first-order valence-corrected chi connectivity index (χ1v) is 7.38. The lowest BCUT2D eigenvalue weighted by atomic mass is 9.97. The normalized spacial score (nSPS) is 11.6. The molecule has 0 aliphatic rings. The molecule has 0 heterocycles. The summed E-state index contributed by atoms with van der Waals surface area (Å²) in [5.74, 6) is 0. The number of nitrogens with zero attached hydrogens (tertiary/aromatic N) is 1. The van der Waals surface area contributed by atoms with E-state index in [1.165, 1.54) is 16.7 Å². The van der Waals surface area contributed by atoms with Crippen LogP contribution in [0.25, 0.3) is 6.08 Å². The molecular weight excluding hydrogens is 210 g/mol. The zero-order valence-corrected chi connectivity index (χ0v) is 12.4. The lowest BCUT2D eigenvalue weighted by molar-refractivity contribution is 0.668. The molecule has 1 nitrogen and oxygen atoms in total. The highest BCUT2D eigenvalue weighted by molar-refractivity contribution is 6.51. The second-order valence-electron chi connectivity index (χ2n) is 4.43. The third kappa shape index (κ3) is 2.83. The van der Waals surface area contributed by atoms with E-state index >= 15 is 0 Å². The summed E-state index contributed by atoms with van der Waals surface area (Å²) in [5.41, 5.74) is 4.34. The molecule has 0 fully saturated rings. The number of hydrogen-bond acceptors (Lipinski definition) is 1. The molecule has 0 amide bonds. The van der Waals surface area contributed by atoms with Crippen LogP contribution >= 0.6 is 0 Å². The number of benzene rings is 1. The Balaban J connectivity index is 3.25. The summed E-state index contributed by atoms with van der Waals surface area (Å²) in [6.07, 6.45) is 4.24. The van der Waals surface area contributed by atoms with Gasteiger partial charge in [-0.2, -0.15) is 0 Å². The highest BCUT2D eigenvalue weighted by Crippen LogP contribution is 2.16.